The van der Waals surface area contributed by atoms with E-state index in [-0.39, 0.29) is 5.56 Å². The van der Waals surface area contributed by atoms with E-state index in [0.29, 0.717) is 11.3 Å². The average Bonchev–Trinajstić information content (AvgIpc) is 2.33. The molecule has 16 heavy (non-hydrogen) atoms. The van der Waals surface area contributed by atoms with Crippen molar-refractivity contribution in [2.45, 2.75) is 6.92 Å². The lowest BCUT2D eigenvalue weighted by Crippen LogP contribution is -2.21. The van der Waals surface area contributed by atoms with Crippen molar-refractivity contribution in [2.75, 3.05) is 0 Å². The number of hydrogen-bond acceptors (Lipinski definition) is 4. The molecule has 0 saturated heterocycles. The van der Waals surface area contributed by atoms with E-state index in [1.165, 1.54) is 4.52 Å². The van der Waals surface area contributed by atoms with Gasteiger partial charge in [0.15, 0.2) is 5.65 Å². The fraction of sp³-hybridized carbons (Fsp3) is 0.0909. The van der Waals surface area contributed by atoms with Crippen LogP contribution in [0.4, 0.5) is 0 Å². The molecule has 0 bridgehead atoms. The van der Waals surface area contributed by atoms with Crippen LogP contribution in [-0.2, 0) is 0 Å². The summed E-state index contributed by atoms with van der Waals surface area (Å²) in [5.74, 6) is 0. The summed E-state index contributed by atoms with van der Waals surface area (Å²) in [5, 5.41) is 13.7. The Balaban J connectivity index is 2.63. The maximum absolute atomic E-state index is 11.8. The number of aryl methyl sites for hydroxylation is 1. The van der Waals surface area contributed by atoms with Gasteiger partial charge in [0.25, 0.3) is 5.56 Å². The second kappa shape index (κ2) is 3.10. The molecule has 0 atom stereocenters. The Kier molecular flexibility index (Phi) is 1.73. The van der Waals surface area contributed by atoms with E-state index >= 15 is 0 Å². The van der Waals surface area contributed by atoms with Crippen LogP contribution in [0.1, 0.15) is 5.69 Å². The second-order valence-electron chi connectivity index (χ2n) is 3.56. The highest BCUT2D eigenvalue weighted by Crippen LogP contribution is 2.14. The zero-order valence-corrected chi connectivity index (χ0v) is 8.58. The van der Waals surface area contributed by atoms with Crippen LogP contribution in [0.3, 0.4) is 0 Å². The fourth-order valence-corrected chi connectivity index (χ4v) is 1.67. The molecule has 1 aromatic carbocycles. The third-order valence-corrected chi connectivity index (χ3v) is 2.51. The molecule has 5 heteroatoms. The van der Waals surface area contributed by atoms with E-state index in [1.54, 1.807) is 13.1 Å². The molecule has 0 N–H and O–H groups in total. The van der Waals surface area contributed by atoms with Crippen LogP contribution in [0.5, 0.6) is 0 Å². The van der Waals surface area contributed by atoms with E-state index < -0.39 is 0 Å². The minimum Gasteiger partial charge on any atom is -0.265 e. The van der Waals surface area contributed by atoms with Gasteiger partial charge in [-0.1, -0.05) is 24.3 Å². The Morgan fingerprint density at radius 3 is 2.88 bits per heavy atom. The molecule has 0 amide bonds. The van der Waals surface area contributed by atoms with Gasteiger partial charge in [0, 0.05) is 10.8 Å². The Labute approximate surface area is 90.4 Å². The molecule has 0 unspecified atom stereocenters. The first-order valence-corrected chi connectivity index (χ1v) is 4.87. The van der Waals surface area contributed by atoms with Crippen LogP contribution >= 0.6 is 0 Å². The van der Waals surface area contributed by atoms with Crippen LogP contribution < -0.4 is 5.56 Å². The quantitative estimate of drug-likeness (QED) is 0.520. The number of hydrogen-bond donors (Lipinski definition) is 0. The lowest BCUT2D eigenvalue weighted by molar-refractivity contribution is 0.809. The molecule has 2 heterocycles. The van der Waals surface area contributed by atoms with Gasteiger partial charge in [-0.15, -0.1) is 10.2 Å². The predicted molar refractivity (Wildman–Crippen MR) is 59.3 cm³/mol. The van der Waals surface area contributed by atoms with Gasteiger partial charge in [0.2, 0.25) is 0 Å². The molecule has 3 aromatic rings. The van der Waals surface area contributed by atoms with Gasteiger partial charge in [0.05, 0.1) is 6.20 Å². The third-order valence-electron chi connectivity index (χ3n) is 2.51. The summed E-state index contributed by atoms with van der Waals surface area (Å²) in [6, 6.07) is 7.64. The molecule has 78 valence electrons. The smallest absolute Gasteiger partial charge is 0.265 e. The predicted octanol–water partition coefficient (Wildman–Crippen LogP) is 0.946. The van der Waals surface area contributed by atoms with Crippen molar-refractivity contribution in [1.29, 1.82) is 0 Å². The van der Waals surface area contributed by atoms with Crippen molar-refractivity contribution in [1.82, 2.24) is 19.8 Å². The number of fused-ring (bicyclic) bond motifs is 3. The van der Waals surface area contributed by atoms with Crippen LogP contribution in [0, 0.1) is 6.92 Å². The summed E-state index contributed by atoms with van der Waals surface area (Å²) < 4.78 is 1.28. The Morgan fingerprint density at radius 2 is 2.00 bits per heavy atom. The Hall–Kier alpha value is -2.30. The summed E-state index contributed by atoms with van der Waals surface area (Å²) in [6.45, 7) is 1.62. The molecule has 0 aliphatic heterocycles. The minimum absolute atomic E-state index is 0.226. The lowest BCUT2D eigenvalue weighted by atomic mass is 10.2. The van der Waals surface area contributed by atoms with Crippen LogP contribution in [0.2, 0.25) is 0 Å². The topological polar surface area (TPSA) is 60.1 Å². The summed E-state index contributed by atoms with van der Waals surface area (Å²) >= 11 is 0. The third kappa shape index (κ3) is 1.11. The van der Waals surface area contributed by atoms with Crippen molar-refractivity contribution >= 4 is 16.4 Å². The number of benzene rings is 1. The normalized spacial score (nSPS) is 11.1. The zero-order valence-electron chi connectivity index (χ0n) is 8.58. The van der Waals surface area contributed by atoms with E-state index in [9.17, 15) is 4.79 Å². The second-order valence-corrected chi connectivity index (χ2v) is 3.56. The first-order chi connectivity index (χ1) is 7.77. The zero-order chi connectivity index (χ0) is 11.1. The average molecular weight is 212 g/mol. The standard InChI is InChI=1S/C11H8N4O/c1-7-11(16)15-10(14-13-7)9-5-3-2-4-8(9)6-12-15/h2-6H,1H3. The Morgan fingerprint density at radius 1 is 1.19 bits per heavy atom. The molecule has 0 aliphatic carbocycles. The summed E-state index contributed by atoms with van der Waals surface area (Å²) in [6.07, 6.45) is 1.66. The van der Waals surface area contributed by atoms with E-state index in [2.05, 4.69) is 15.3 Å². The van der Waals surface area contributed by atoms with Crippen LogP contribution in [0.15, 0.2) is 35.3 Å². The molecule has 0 saturated carbocycles. The van der Waals surface area contributed by atoms with Gasteiger partial charge in [-0.05, 0) is 6.92 Å². The van der Waals surface area contributed by atoms with Gasteiger partial charge in [-0.25, -0.2) is 0 Å². The van der Waals surface area contributed by atoms with Crippen LogP contribution in [-0.4, -0.2) is 19.8 Å². The maximum atomic E-state index is 11.8. The minimum atomic E-state index is -0.226. The van der Waals surface area contributed by atoms with E-state index in [4.69, 9.17) is 0 Å². The van der Waals surface area contributed by atoms with E-state index in [0.717, 1.165) is 10.8 Å². The maximum Gasteiger partial charge on any atom is 0.296 e. The number of aromatic nitrogens is 4. The van der Waals surface area contributed by atoms with E-state index in [1.807, 2.05) is 24.3 Å². The van der Waals surface area contributed by atoms with Crippen molar-refractivity contribution in [3.8, 4) is 0 Å². The fourth-order valence-electron chi connectivity index (χ4n) is 1.67. The SMILES string of the molecule is Cc1nnc2c3ccccc3cnn2c1=O. The van der Waals surface area contributed by atoms with Gasteiger partial charge in [0.1, 0.15) is 5.69 Å². The molecule has 0 aliphatic rings. The van der Waals surface area contributed by atoms with Gasteiger partial charge >= 0.3 is 0 Å². The summed E-state index contributed by atoms with van der Waals surface area (Å²) in [7, 11) is 0. The summed E-state index contributed by atoms with van der Waals surface area (Å²) in [4.78, 5) is 11.8. The summed E-state index contributed by atoms with van der Waals surface area (Å²) in [5.41, 5.74) is 0.615. The van der Waals surface area contributed by atoms with Crippen molar-refractivity contribution in [2.24, 2.45) is 0 Å². The van der Waals surface area contributed by atoms with Gasteiger partial charge < -0.3 is 0 Å². The van der Waals surface area contributed by atoms with Gasteiger partial charge in [-0.3, -0.25) is 4.79 Å². The highest BCUT2D eigenvalue weighted by molar-refractivity contribution is 5.92. The molecular formula is C11H8N4O. The van der Waals surface area contributed by atoms with Crippen molar-refractivity contribution in [3.05, 3.63) is 46.5 Å². The Bertz CT molecular complexity index is 748. The number of nitrogens with zero attached hydrogens (tertiary/aromatic N) is 4. The van der Waals surface area contributed by atoms with Crippen LogP contribution in [0.25, 0.3) is 16.4 Å². The molecule has 0 radical (unpaired) electrons. The van der Waals surface area contributed by atoms with Crippen molar-refractivity contribution in [3.63, 3.8) is 0 Å². The van der Waals surface area contributed by atoms with Gasteiger partial charge in [-0.2, -0.15) is 9.61 Å². The molecule has 5 nitrogen and oxygen atoms in total. The lowest BCUT2D eigenvalue weighted by Gasteiger charge is -2.02. The number of rotatable bonds is 0. The van der Waals surface area contributed by atoms with Crippen molar-refractivity contribution < 1.29 is 0 Å². The highest BCUT2D eigenvalue weighted by atomic mass is 16.1. The monoisotopic (exact) mass is 212 g/mol. The first kappa shape index (κ1) is 8.96. The highest BCUT2D eigenvalue weighted by Gasteiger charge is 2.06. The molecular weight excluding hydrogens is 204 g/mol. The largest absolute Gasteiger partial charge is 0.296 e. The molecule has 0 spiro atoms. The molecule has 2 aromatic heterocycles. The molecule has 0 fully saturated rings. The first-order valence-electron chi connectivity index (χ1n) is 4.87. The molecule has 3 rings (SSSR count).